The summed E-state index contributed by atoms with van der Waals surface area (Å²) >= 11 is 0. The molecule has 0 atom stereocenters. The molecule has 3 aromatic rings. The zero-order chi connectivity index (χ0) is 24.0. The molecular weight excluding hydrogens is 473 g/mol. The van der Waals surface area contributed by atoms with Crippen molar-refractivity contribution >= 4 is 16.0 Å². The highest BCUT2D eigenvalue weighted by molar-refractivity contribution is 8.45. The summed E-state index contributed by atoms with van der Waals surface area (Å²) in [4.78, 5) is -0.00505. The van der Waals surface area contributed by atoms with Crippen molar-refractivity contribution in [3.63, 3.8) is 0 Å². The normalized spacial score (nSPS) is 18.6. The van der Waals surface area contributed by atoms with Crippen LogP contribution in [0.5, 0.6) is 0 Å². The Kier molecular flexibility index (Phi) is 5.18. The summed E-state index contributed by atoms with van der Waals surface area (Å²) in [5, 5.41) is 24.6. The van der Waals surface area contributed by atoms with Gasteiger partial charge in [-0.2, -0.15) is 0 Å². The maximum Gasteiger partial charge on any atom is 0.310 e. The van der Waals surface area contributed by atoms with E-state index in [0.717, 1.165) is 12.1 Å². The summed E-state index contributed by atoms with van der Waals surface area (Å²) in [5.41, 5.74) is -0.184. The maximum absolute atomic E-state index is 13.0. The number of aliphatic hydroxyl groups excluding tert-OH is 1. The molecule has 0 bridgehead atoms. The van der Waals surface area contributed by atoms with E-state index in [1.165, 1.54) is 7.11 Å². The second-order valence-electron chi connectivity index (χ2n) is 7.61. The molecule has 1 aromatic carbocycles. The van der Waals surface area contributed by atoms with E-state index in [4.69, 9.17) is 14.3 Å². The van der Waals surface area contributed by atoms with Crippen molar-refractivity contribution in [2.45, 2.75) is 29.9 Å². The van der Waals surface area contributed by atoms with Crippen LogP contribution in [0.2, 0.25) is 0 Å². The Morgan fingerprint density at radius 3 is 2.12 bits per heavy atom. The molecule has 1 N–H and O–H groups in total. The molecule has 4 rings (SSSR count). The monoisotopic (exact) mass is 493 g/mol. The van der Waals surface area contributed by atoms with Gasteiger partial charge in [-0.3, -0.25) is 0 Å². The van der Waals surface area contributed by atoms with E-state index >= 15 is 0 Å². The number of nitrogens with zero attached hydrogens (tertiary/aromatic N) is 5. The van der Waals surface area contributed by atoms with E-state index in [9.17, 15) is 19.4 Å². The van der Waals surface area contributed by atoms with Crippen LogP contribution in [0.4, 0.5) is 25.2 Å². The van der Waals surface area contributed by atoms with E-state index < -0.39 is 27.3 Å². The van der Waals surface area contributed by atoms with Gasteiger partial charge in [-0.1, -0.05) is 31.6 Å². The third-order valence-electron chi connectivity index (χ3n) is 5.58. The van der Waals surface area contributed by atoms with Crippen molar-refractivity contribution in [2.75, 3.05) is 25.1 Å². The number of hydrogen-bond acceptors (Lipinski definition) is 8. The van der Waals surface area contributed by atoms with Gasteiger partial charge in [0.25, 0.3) is 5.89 Å². The van der Waals surface area contributed by atoms with Crippen LogP contribution < -0.4 is 4.90 Å². The standard InChI is InChI=1S/C19H20F5N5O3S/c1-31-19(13-2-4-14(5-3-13)33(20,21,22,23)24)8-10-29(11-9-19)16-7-6-15(25-26-16)18-28-27-17(12-30)32-18/h2-7,30H,8-12H2,1H3. The number of rotatable bonds is 6. The fourth-order valence-electron chi connectivity index (χ4n) is 3.75. The molecule has 8 nitrogen and oxygen atoms in total. The van der Waals surface area contributed by atoms with Crippen molar-refractivity contribution in [2.24, 2.45) is 0 Å². The topological polar surface area (TPSA) is 97.4 Å². The fraction of sp³-hybridized carbons (Fsp3) is 0.368. The third-order valence-corrected chi connectivity index (χ3v) is 6.75. The number of ether oxygens (including phenoxy) is 1. The molecule has 180 valence electrons. The smallest absolute Gasteiger partial charge is 0.310 e. The van der Waals surface area contributed by atoms with Crippen LogP contribution in [0.15, 0.2) is 45.7 Å². The number of piperidine rings is 1. The van der Waals surface area contributed by atoms with Gasteiger partial charge in [-0.05, 0) is 42.7 Å². The first-order chi connectivity index (χ1) is 15.3. The van der Waals surface area contributed by atoms with E-state index in [1.807, 2.05) is 4.90 Å². The Morgan fingerprint density at radius 2 is 1.64 bits per heavy atom. The van der Waals surface area contributed by atoms with Crippen molar-refractivity contribution in [3.8, 4) is 11.6 Å². The van der Waals surface area contributed by atoms with Crippen LogP contribution in [0.25, 0.3) is 11.6 Å². The summed E-state index contributed by atoms with van der Waals surface area (Å²) in [7, 11) is -8.29. The molecule has 14 heteroatoms. The van der Waals surface area contributed by atoms with E-state index in [0.29, 0.717) is 55.1 Å². The fourth-order valence-corrected chi connectivity index (χ4v) is 4.40. The highest BCUT2D eigenvalue weighted by Crippen LogP contribution is 3.02. The second kappa shape index (κ2) is 7.33. The van der Waals surface area contributed by atoms with Gasteiger partial charge < -0.3 is 19.2 Å². The lowest BCUT2D eigenvalue weighted by Gasteiger charge is -2.43. The average molecular weight is 493 g/mol. The quantitative estimate of drug-likeness (QED) is 0.489. The Labute approximate surface area is 185 Å². The van der Waals surface area contributed by atoms with Crippen LogP contribution in [-0.4, -0.2) is 45.7 Å². The number of aromatic nitrogens is 4. The van der Waals surface area contributed by atoms with Crippen LogP contribution >= 0.6 is 10.2 Å². The van der Waals surface area contributed by atoms with Gasteiger partial charge >= 0.3 is 10.2 Å². The first-order valence-electron chi connectivity index (χ1n) is 9.76. The minimum absolute atomic E-state index is 0.0523. The van der Waals surface area contributed by atoms with Gasteiger partial charge in [-0.25, -0.2) is 0 Å². The summed E-state index contributed by atoms with van der Waals surface area (Å²) in [6.07, 6.45) is 0.790. The number of aliphatic hydroxyl groups is 1. The summed E-state index contributed by atoms with van der Waals surface area (Å²) in [5.74, 6) is 0.725. The van der Waals surface area contributed by atoms with Gasteiger partial charge in [0.05, 0.1) is 5.60 Å². The highest BCUT2D eigenvalue weighted by atomic mass is 32.5. The molecule has 33 heavy (non-hydrogen) atoms. The number of halogens is 5. The van der Waals surface area contributed by atoms with Crippen molar-refractivity contribution in [3.05, 3.63) is 47.9 Å². The minimum atomic E-state index is -9.73. The van der Waals surface area contributed by atoms with Gasteiger partial charge in [0, 0.05) is 20.2 Å². The molecule has 0 aliphatic carbocycles. The van der Waals surface area contributed by atoms with Crippen LogP contribution in [-0.2, 0) is 16.9 Å². The van der Waals surface area contributed by atoms with Gasteiger partial charge in [0.2, 0.25) is 5.89 Å². The van der Waals surface area contributed by atoms with Crippen LogP contribution in [0, 0.1) is 0 Å². The Hall–Kier alpha value is -2.84. The van der Waals surface area contributed by atoms with Crippen LogP contribution in [0.1, 0.15) is 24.3 Å². The molecule has 1 aliphatic heterocycles. The summed E-state index contributed by atoms with van der Waals surface area (Å²) < 4.78 is 76.0. The molecule has 3 heterocycles. The Bertz CT molecular complexity index is 1130. The predicted molar refractivity (Wildman–Crippen MR) is 109 cm³/mol. The first-order valence-corrected chi connectivity index (χ1v) is 11.7. The van der Waals surface area contributed by atoms with E-state index in [1.54, 1.807) is 12.1 Å². The molecule has 0 saturated carbocycles. The predicted octanol–water partition coefficient (Wildman–Crippen LogP) is 4.82. The zero-order valence-corrected chi connectivity index (χ0v) is 18.1. The highest BCUT2D eigenvalue weighted by Gasteiger charge is 2.65. The molecule has 2 aromatic heterocycles. The summed E-state index contributed by atoms with van der Waals surface area (Å²) in [6, 6.07) is 6.25. The molecule has 0 spiro atoms. The number of benzene rings is 1. The average Bonchev–Trinajstić information content (AvgIpc) is 3.27. The zero-order valence-electron chi connectivity index (χ0n) is 17.3. The lowest BCUT2D eigenvalue weighted by Crippen LogP contribution is -2.44. The molecule has 1 aliphatic rings. The van der Waals surface area contributed by atoms with Crippen LogP contribution in [0.3, 0.4) is 0 Å². The number of anilines is 1. The van der Waals surface area contributed by atoms with Gasteiger partial charge in [-0.15, -0.1) is 20.4 Å². The van der Waals surface area contributed by atoms with Crippen molar-refractivity contribution in [1.82, 2.24) is 20.4 Å². The Balaban J connectivity index is 1.47. The largest absolute Gasteiger partial charge is 0.417 e. The Morgan fingerprint density at radius 1 is 0.970 bits per heavy atom. The minimum Gasteiger partial charge on any atom is -0.417 e. The molecule has 1 saturated heterocycles. The van der Waals surface area contributed by atoms with E-state index in [2.05, 4.69) is 20.4 Å². The maximum atomic E-state index is 13.0. The lowest BCUT2D eigenvalue weighted by molar-refractivity contribution is -0.0348. The molecule has 0 radical (unpaired) electrons. The van der Waals surface area contributed by atoms with Crippen molar-refractivity contribution < 1.29 is 33.7 Å². The number of hydrogen-bond donors (Lipinski definition) is 1. The SMILES string of the molecule is COC1(c2ccc(S(F)(F)(F)(F)F)cc2)CCN(c2ccc(-c3nnc(CO)o3)nn2)CC1. The van der Waals surface area contributed by atoms with E-state index in [-0.39, 0.29) is 11.8 Å². The molecule has 1 fully saturated rings. The van der Waals surface area contributed by atoms with Crippen molar-refractivity contribution in [1.29, 1.82) is 0 Å². The molecule has 0 amide bonds. The summed E-state index contributed by atoms with van der Waals surface area (Å²) in [6.45, 7) is 0.497. The van der Waals surface area contributed by atoms with Gasteiger partial charge in [0.15, 0.2) is 5.82 Å². The first kappa shape index (κ1) is 23.3. The molecular formula is C19H20F5N5O3S. The second-order valence-corrected chi connectivity index (χ2v) is 10.0. The third kappa shape index (κ3) is 4.77. The van der Waals surface area contributed by atoms with Gasteiger partial charge in [0.1, 0.15) is 17.2 Å². The molecule has 0 unspecified atom stereocenters. The number of methoxy groups -OCH3 is 1. The lowest BCUT2D eigenvalue weighted by atomic mass is 9.84.